The Bertz CT molecular complexity index is 933. The van der Waals surface area contributed by atoms with Gasteiger partial charge in [-0.2, -0.15) is 10.2 Å². The molecule has 3 aromatic rings. The van der Waals surface area contributed by atoms with Crippen molar-refractivity contribution < 1.29 is 9.47 Å². The Morgan fingerprint density at radius 2 is 1.79 bits per heavy atom. The molecule has 2 aromatic carbocycles. The Morgan fingerprint density at radius 1 is 1.00 bits per heavy atom. The molecule has 0 radical (unpaired) electrons. The van der Waals surface area contributed by atoms with E-state index in [1.54, 1.807) is 6.20 Å². The molecular weight excluding hydrogens is 362 g/mol. The smallest absolute Gasteiger partial charge is 0.161 e. The van der Waals surface area contributed by atoms with Crippen molar-refractivity contribution >= 4 is 0 Å². The quantitative estimate of drug-likeness (QED) is 0.647. The van der Waals surface area contributed by atoms with Crippen LogP contribution in [0.4, 0.5) is 0 Å². The van der Waals surface area contributed by atoms with E-state index in [2.05, 4.69) is 77.9 Å². The predicted octanol–water partition coefficient (Wildman–Crippen LogP) is 4.45. The molecular formula is C24H27N3O2. The number of ether oxygens (including phenoxy) is 2. The molecule has 4 rings (SSSR count). The Kier molecular flexibility index (Phi) is 5.76. The van der Waals surface area contributed by atoms with Gasteiger partial charge in [0, 0.05) is 24.2 Å². The maximum Gasteiger partial charge on any atom is 0.161 e. The molecule has 0 aliphatic carbocycles. The molecule has 0 amide bonds. The van der Waals surface area contributed by atoms with Gasteiger partial charge in [0.1, 0.15) is 13.2 Å². The Hall–Kier alpha value is -2.92. The van der Waals surface area contributed by atoms with Gasteiger partial charge in [0.25, 0.3) is 0 Å². The van der Waals surface area contributed by atoms with Gasteiger partial charge >= 0.3 is 0 Å². The Labute approximate surface area is 172 Å². The number of fused-ring (bicyclic) bond motifs is 1. The summed E-state index contributed by atoms with van der Waals surface area (Å²) in [4.78, 5) is 0. The number of benzene rings is 2. The van der Waals surface area contributed by atoms with Crippen molar-refractivity contribution in [2.75, 3.05) is 13.2 Å². The van der Waals surface area contributed by atoms with Gasteiger partial charge in [0.05, 0.1) is 6.20 Å². The number of hydrogen-bond donors (Lipinski definition) is 1. The molecule has 1 aromatic heterocycles. The predicted molar refractivity (Wildman–Crippen MR) is 113 cm³/mol. The van der Waals surface area contributed by atoms with E-state index in [4.69, 9.17) is 9.47 Å². The molecule has 0 spiro atoms. The van der Waals surface area contributed by atoms with Crippen LogP contribution in [0.1, 0.15) is 42.9 Å². The number of aromatic nitrogens is 2. The van der Waals surface area contributed by atoms with E-state index >= 15 is 0 Å². The van der Waals surface area contributed by atoms with Crippen molar-refractivity contribution in [1.82, 2.24) is 15.5 Å². The largest absolute Gasteiger partial charge is 0.486 e. The van der Waals surface area contributed by atoms with E-state index in [1.807, 2.05) is 12.3 Å². The number of nitrogens with one attached hydrogen (secondary N) is 1. The summed E-state index contributed by atoms with van der Waals surface area (Å²) in [5.41, 5.74) is 3.29. The zero-order chi connectivity index (χ0) is 20.1. The highest BCUT2D eigenvalue weighted by Gasteiger charge is 2.36. The van der Waals surface area contributed by atoms with Gasteiger partial charge in [-0.3, -0.25) is 0 Å². The fourth-order valence-electron chi connectivity index (χ4n) is 4.17. The van der Waals surface area contributed by atoms with Gasteiger partial charge in [0.15, 0.2) is 11.5 Å². The minimum absolute atomic E-state index is 0.283. The van der Waals surface area contributed by atoms with Crippen LogP contribution in [0.5, 0.6) is 11.5 Å². The highest BCUT2D eigenvalue weighted by Crippen LogP contribution is 2.39. The second kappa shape index (κ2) is 8.62. The fraction of sp³-hybridized carbons (Fsp3) is 0.333. The van der Waals surface area contributed by atoms with Crippen LogP contribution in [0.2, 0.25) is 0 Å². The van der Waals surface area contributed by atoms with Crippen LogP contribution in [0.15, 0.2) is 67.0 Å². The van der Waals surface area contributed by atoms with Crippen LogP contribution in [0.3, 0.4) is 0 Å². The SMILES string of the molecule is CCC(c1ccccc1)C(C)(NCc1ccc2c(c1)OCCO2)c1ccnnc1. The van der Waals surface area contributed by atoms with Gasteiger partial charge < -0.3 is 14.8 Å². The molecule has 5 nitrogen and oxygen atoms in total. The van der Waals surface area contributed by atoms with Crippen molar-refractivity contribution in [2.45, 2.75) is 38.3 Å². The summed E-state index contributed by atoms with van der Waals surface area (Å²) in [6, 6.07) is 18.9. The van der Waals surface area contributed by atoms with Crippen molar-refractivity contribution in [1.29, 1.82) is 0 Å². The molecule has 2 unspecified atom stereocenters. The molecule has 150 valence electrons. The van der Waals surface area contributed by atoms with E-state index in [1.165, 1.54) is 5.56 Å². The second-order valence-electron chi connectivity index (χ2n) is 7.54. The third kappa shape index (κ3) is 4.10. The van der Waals surface area contributed by atoms with E-state index in [0.717, 1.165) is 29.0 Å². The average molecular weight is 389 g/mol. The molecule has 5 heteroatoms. The van der Waals surface area contributed by atoms with E-state index in [0.29, 0.717) is 19.8 Å². The van der Waals surface area contributed by atoms with Crippen molar-refractivity contribution in [3.05, 3.63) is 83.7 Å². The maximum absolute atomic E-state index is 5.75. The molecule has 29 heavy (non-hydrogen) atoms. The van der Waals surface area contributed by atoms with Crippen molar-refractivity contribution in [2.24, 2.45) is 0 Å². The first-order valence-corrected chi connectivity index (χ1v) is 10.2. The molecule has 0 saturated carbocycles. The Balaban J connectivity index is 1.64. The first-order chi connectivity index (χ1) is 14.2. The molecule has 2 heterocycles. The topological polar surface area (TPSA) is 56.3 Å². The third-order valence-corrected chi connectivity index (χ3v) is 5.76. The monoisotopic (exact) mass is 389 g/mol. The first kappa shape index (κ1) is 19.4. The van der Waals surface area contributed by atoms with Crippen molar-refractivity contribution in [3.8, 4) is 11.5 Å². The zero-order valence-corrected chi connectivity index (χ0v) is 17.0. The summed E-state index contributed by atoms with van der Waals surface area (Å²) in [6.07, 6.45) is 4.62. The van der Waals surface area contributed by atoms with Crippen LogP contribution < -0.4 is 14.8 Å². The lowest BCUT2D eigenvalue weighted by molar-refractivity contribution is 0.171. The number of nitrogens with zero attached hydrogens (tertiary/aromatic N) is 2. The highest BCUT2D eigenvalue weighted by atomic mass is 16.6. The standard InChI is InChI=1S/C24H27N3O2/c1-3-21(19-7-5-4-6-8-19)24(2,20-11-12-26-27-17-20)25-16-18-9-10-22-23(15-18)29-14-13-28-22/h4-12,15,17,21,25H,3,13-14,16H2,1-2H3. The van der Waals surface area contributed by atoms with Crippen LogP contribution in [0.25, 0.3) is 0 Å². The summed E-state index contributed by atoms with van der Waals surface area (Å²) in [5, 5.41) is 11.9. The summed E-state index contributed by atoms with van der Waals surface area (Å²) in [5.74, 6) is 1.92. The summed E-state index contributed by atoms with van der Waals surface area (Å²) in [6.45, 7) is 6.39. The summed E-state index contributed by atoms with van der Waals surface area (Å²) in [7, 11) is 0. The zero-order valence-electron chi connectivity index (χ0n) is 17.0. The summed E-state index contributed by atoms with van der Waals surface area (Å²) >= 11 is 0. The van der Waals surface area contributed by atoms with E-state index in [-0.39, 0.29) is 11.5 Å². The van der Waals surface area contributed by atoms with Crippen molar-refractivity contribution in [3.63, 3.8) is 0 Å². The molecule has 1 aliphatic rings. The molecule has 1 aliphatic heterocycles. The van der Waals surface area contributed by atoms with Gasteiger partial charge in [0.2, 0.25) is 0 Å². The number of rotatable bonds is 7. The second-order valence-corrected chi connectivity index (χ2v) is 7.54. The molecule has 0 bridgehead atoms. The third-order valence-electron chi connectivity index (χ3n) is 5.76. The maximum atomic E-state index is 5.75. The van der Waals surface area contributed by atoms with Crippen LogP contribution in [-0.4, -0.2) is 23.4 Å². The Morgan fingerprint density at radius 3 is 2.52 bits per heavy atom. The van der Waals surface area contributed by atoms with Gasteiger partial charge in [-0.25, -0.2) is 0 Å². The lowest BCUT2D eigenvalue weighted by atomic mass is 9.75. The molecule has 2 atom stereocenters. The lowest BCUT2D eigenvalue weighted by Gasteiger charge is -2.39. The van der Waals surface area contributed by atoms with Gasteiger partial charge in [-0.05, 0) is 48.2 Å². The lowest BCUT2D eigenvalue weighted by Crippen LogP contribution is -2.44. The van der Waals surface area contributed by atoms with Crippen LogP contribution >= 0.6 is 0 Å². The van der Waals surface area contributed by atoms with E-state index in [9.17, 15) is 0 Å². The average Bonchev–Trinajstić information content (AvgIpc) is 2.79. The van der Waals surface area contributed by atoms with Gasteiger partial charge in [-0.15, -0.1) is 0 Å². The molecule has 1 N–H and O–H groups in total. The first-order valence-electron chi connectivity index (χ1n) is 10.2. The van der Waals surface area contributed by atoms with Crippen LogP contribution in [-0.2, 0) is 12.1 Å². The minimum Gasteiger partial charge on any atom is -0.486 e. The normalized spacial score (nSPS) is 16.1. The molecule has 0 saturated heterocycles. The number of hydrogen-bond acceptors (Lipinski definition) is 5. The minimum atomic E-state index is -0.306. The fourth-order valence-corrected chi connectivity index (χ4v) is 4.17. The summed E-state index contributed by atoms with van der Waals surface area (Å²) < 4.78 is 11.4. The van der Waals surface area contributed by atoms with Gasteiger partial charge in [-0.1, -0.05) is 43.3 Å². The van der Waals surface area contributed by atoms with Crippen LogP contribution in [0, 0.1) is 0 Å². The van der Waals surface area contributed by atoms with E-state index < -0.39 is 0 Å². The highest BCUT2D eigenvalue weighted by molar-refractivity contribution is 5.44. The molecule has 0 fully saturated rings.